The van der Waals surface area contributed by atoms with Crippen LogP contribution in [-0.4, -0.2) is 31.5 Å². The van der Waals surface area contributed by atoms with E-state index in [4.69, 9.17) is 0 Å². The first-order valence-electron chi connectivity index (χ1n) is 6.83. The van der Waals surface area contributed by atoms with Crippen LogP contribution in [0.4, 0.5) is 0 Å². The van der Waals surface area contributed by atoms with Crippen LogP contribution in [0, 0.1) is 0 Å². The fourth-order valence-electron chi connectivity index (χ4n) is 2.90. The fraction of sp³-hybridized carbons (Fsp3) is 0.533. The zero-order chi connectivity index (χ0) is 13.5. The second-order valence-electron chi connectivity index (χ2n) is 5.57. The Morgan fingerprint density at radius 1 is 1.47 bits per heavy atom. The highest BCUT2D eigenvalue weighted by Crippen LogP contribution is 2.41. The topological polar surface area (TPSA) is 38.0 Å². The Hall–Kier alpha value is -1.00. The van der Waals surface area contributed by atoms with Gasteiger partial charge in [0.2, 0.25) is 0 Å². The number of fused-ring (bicyclic) bond motifs is 1. The van der Waals surface area contributed by atoms with E-state index >= 15 is 0 Å². The van der Waals surface area contributed by atoms with E-state index in [0.717, 1.165) is 28.8 Å². The maximum absolute atomic E-state index is 10.6. The SMILES string of the molecule is Cn1nc(CC(O)C2(C)CCCS2)c2ccccc21. The van der Waals surface area contributed by atoms with E-state index in [1.165, 1.54) is 6.42 Å². The minimum Gasteiger partial charge on any atom is -0.391 e. The molecule has 1 aromatic carbocycles. The first kappa shape index (κ1) is 13.0. The second-order valence-corrected chi connectivity index (χ2v) is 7.20. The molecule has 2 atom stereocenters. The maximum Gasteiger partial charge on any atom is 0.0740 e. The lowest BCUT2D eigenvalue weighted by Crippen LogP contribution is -2.35. The molecule has 2 heterocycles. The summed E-state index contributed by atoms with van der Waals surface area (Å²) in [5.74, 6) is 1.16. The van der Waals surface area contributed by atoms with Gasteiger partial charge in [-0.15, -0.1) is 0 Å². The number of hydrogen-bond donors (Lipinski definition) is 1. The Morgan fingerprint density at radius 2 is 2.26 bits per heavy atom. The van der Waals surface area contributed by atoms with Crippen molar-refractivity contribution in [3.63, 3.8) is 0 Å². The van der Waals surface area contributed by atoms with Gasteiger partial charge in [0.25, 0.3) is 0 Å². The van der Waals surface area contributed by atoms with Crippen molar-refractivity contribution >= 4 is 22.7 Å². The summed E-state index contributed by atoms with van der Waals surface area (Å²) in [6.07, 6.45) is 2.63. The van der Waals surface area contributed by atoms with Crippen molar-refractivity contribution in [3.8, 4) is 0 Å². The van der Waals surface area contributed by atoms with Gasteiger partial charge in [-0.1, -0.05) is 18.2 Å². The van der Waals surface area contributed by atoms with Crippen LogP contribution in [0.15, 0.2) is 24.3 Å². The number of aromatic nitrogens is 2. The van der Waals surface area contributed by atoms with Crippen LogP contribution in [0.5, 0.6) is 0 Å². The van der Waals surface area contributed by atoms with E-state index in [0.29, 0.717) is 6.42 Å². The van der Waals surface area contributed by atoms with Crippen LogP contribution in [0.3, 0.4) is 0 Å². The predicted molar refractivity (Wildman–Crippen MR) is 80.5 cm³/mol. The van der Waals surface area contributed by atoms with Crippen molar-refractivity contribution in [1.29, 1.82) is 0 Å². The average molecular weight is 276 g/mol. The van der Waals surface area contributed by atoms with Crippen molar-refractivity contribution in [1.82, 2.24) is 9.78 Å². The van der Waals surface area contributed by atoms with Gasteiger partial charge in [0.15, 0.2) is 0 Å². The molecule has 0 aliphatic carbocycles. The summed E-state index contributed by atoms with van der Waals surface area (Å²) in [5.41, 5.74) is 2.15. The molecule has 1 aliphatic heterocycles. The molecule has 2 aromatic rings. The van der Waals surface area contributed by atoms with E-state index in [2.05, 4.69) is 24.2 Å². The summed E-state index contributed by atoms with van der Waals surface area (Å²) in [4.78, 5) is 0. The molecule has 102 valence electrons. The quantitative estimate of drug-likeness (QED) is 0.937. The van der Waals surface area contributed by atoms with E-state index < -0.39 is 0 Å². The van der Waals surface area contributed by atoms with Crippen LogP contribution < -0.4 is 0 Å². The molecule has 19 heavy (non-hydrogen) atoms. The highest BCUT2D eigenvalue weighted by Gasteiger charge is 2.37. The number of aryl methyl sites for hydroxylation is 1. The lowest BCUT2D eigenvalue weighted by molar-refractivity contribution is 0.132. The molecule has 4 heteroatoms. The molecule has 0 spiro atoms. The zero-order valence-electron chi connectivity index (χ0n) is 11.5. The molecular formula is C15H20N2OS. The molecule has 0 saturated carbocycles. The molecular weight excluding hydrogens is 256 g/mol. The number of benzene rings is 1. The van der Waals surface area contributed by atoms with E-state index in [1.54, 1.807) is 0 Å². The monoisotopic (exact) mass is 276 g/mol. The number of thioether (sulfide) groups is 1. The van der Waals surface area contributed by atoms with Crippen LogP contribution in [0.2, 0.25) is 0 Å². The Labute approximate surface area is 118 Å². The third-order valence-electron chi connectivity index (χ3n) is 4.18. The van der Waals surface area contributed by atoms with Crippen molar-refractivity contribution in [2.45, 2.75) is 37.0 Å². The number of hydrogen-bond acceptors (Lipinski definition) is 3. The van der Waals surface area contributed by atoms with Crippen molar-refractivity contribution in [2.75, 3.05) is 5.75 Å². The Balaban J connectivity index is 1.89. The Kier molecular flexibility index (Phi) is 3.31. The molecule has 1 aromatic heterocycles. The fourth-order valence-corrected chi connectivity index (χ4v) is 4.22. The van der Waals surface area contributed by atoms with Gasteiger partial charge in [0.05, 0.1) is 17.3 Å². The molecule has 1 N–H and O–H groups in total. The molecule has 2 unspecified atom stereocenters. The molecule has 1 aliphatic rings. The van der Waals surface area contributed by atoms with Crippen molar-refractivity contribution < 1.29 is 5.11 Å². The van der Waals surface area contributed by atoms with E-state index in [9.17, 15) is 5.11 Å². The predicted octanol–water partition coefficient (Wildman–Crippen LogP) is 2.76. The van der Waals surface area contributed by atoms with E-state index in [-0.39, 0.29) is 10.9 Å². The number of aliphatic hydroxyl groups excluding tert-OH is 1. The van der Waals surface area contributed by atoms with Gasteiger partial charge in [-0.05, 0) is 31.6 Å². The van der Waals surface area contributed by atoms with Crippen molar-refractivity contribution in [2.24, 2.45) is 7.05 Å². The van der Waals surface area contributed by atoms with Gasteiger partial charge < -0.3 is 5.11 Å². The number of nitrogens with zero attached hydrogens (tertiary/aromatic N) is 2. The van der Waals surface area contributed by atoms with Gasteiger partial charge in [-0.2, -0.15) is 16.9 Å². The molecule has 3 nitrogen and oxygen atoms in total. The number of para-hydroxylation sites is 1. The minimum atomic E-state index is -0.321. The summed E-state index contributed by atoms with van der Waals surface area (Å²) >= 11 is 1.90. The van der Waals surface area contributed by atoms with E-state index in [1.807, 2.05) is 35.6 Å². The van der Waals surface area contributed by atoms with Gasteiger partial charge in [-0.25, -0.2) is 0 Å². The highest BCUT2D eigenvalue weighted by atomic mass is 32.2. The minimum absolute atomic E-state index is 0.00136. The van der Waals surface area contributed by atoms with Crippen molar-refractivity contribution in [3.05, 3.63) is 30.0 Å². The van der Waals surface area contributed by atoms with Gasteiger partial charge in [0.1, 0.15) is 0 Å². The molecule has 0 amide bonds. The number of rotatable bonds is 3. The summed E-state index contributed by atoms with van der Waals surface area (Å²) in [6, 6.07) is 8.23. The smallest absolute Gasteiger partial charge is 0.0740 e. The van der Waals surface area contributed by atoms with Crippen LogP contribution in [0.25, 0.3) is 10.9 Å². The normalized spacial score (nSPS) is 25.0. The van der Waals surface area contributed by atoms with Gasteiger partial charge in [-0.3, -0.25) is 4.68 Å². The number of aliphatic hydroxyl groups is 1. The first-order chi connectivity index (χ1) is 9.10. The molecule has 0 radical (unpaired) electrons. The molecule has 3 rings (SSSR count). The molecule has 1 saturated heterocycles. The zero-order valence-corrected chi connectivity index (χ0v) is 12.3. The molecule has 0 bridgehead atoms. The third-order valence-corrected chi connectivity index (χ3v) is 5.80. The summed E-state index contributed by atoms with van der Waals surface area (Å²) in [6.45, 7) is 2.18. The maximum atomic E-state index is 10.6. The second kappa shape index (κ2) is 4.84. The summed E-state index contributed by atoms with van der Waals surface area (Å²) in [7, 11) is 1.96. The lowest BCUT2D eigenvalue weighted by Gasteiger charge is -2.28. The summed E-state index contributed by atoms with van der Waals surface area (Å²) in [5, 5.41) is 16.3. The van der Waals surface area contributed by atoms with Crippen LogP contribution in [-0.2, 0) is 13.5 Å². The van der Waals surface area contributed by atoms with Crippen LogP contribution >= 0.6 is 11.8 Å². The lowest BCUT2D eigenvalue weighted by atomic mass is 9.94. The van der Waals surface area contributed by atoms with Crippen LogP contribution in [0.1, 0.15) is 25.5 Å². The highest BCUT2D eigenvalue weighted by molar-refractivity contribution is 8.00. The average Bonchev–Trinajstić information content (AvgIpc) is 2.97. The third kappa shape index (κ3) is 2.28. The Morgan fingerprint density at radius 3 is 3.00 bits per heavy atom. The standard InChI is InChI=1S/C15H20N2OS/c1-15(8-5-9-19-15)14(18)10-12-11-6-3-4-7-13(11)17(2)16-12/h3-4,6-7,14,18H,5,8-10H2,1-2H3. The first-order valence-corrected chi connectivity index (χ1v) is 7.81. The Bertz CT molecular complexity index is 587. The van der Waals surface area contributed by atoms with Gasteiger partial charge in [0, 0.05) is 23.6 Å². The van der Waals surface area contributed by atoms with Gasteiger partial charge >= 0.3 is 0 Å². The molecule has 1 fully saturated rings. The summed E-state index contributed by atoms with van der Waals surface area (Å²) < 4.78 is 1.90. The largest absolute Gasteiger partial charge is 0.391 e.